The van der Waals surface area contributed by atoms with Crippen LogP contribution in [0.15, 0.2) is 48.5 Å². The summed E-state index contributed by atoms with van der Waals surface area (Å²) in [5.74, 6) is 0. The fourth-order valence-corrected chi connectivity index (χ4v) is 1.22. The van der Waals surface area contributed by atoms with Crippen molar-refractivity contribution >= 4 is 10.8 Å². The van der Waals surface area contributed by atoms with E-state index in [9.17, 15) is 0 Å². The summed E-state index contributed by atoms with van der Waals surface area (Å²) in [4.78, 5) is 0. The number of aliphatic hydroxyl groups excluding tert-OH is 1. The van der Waals surface area contributed by atoms with Gasteiger partial charge in [-0.2, -0.15) is 0 Å². The first-order valence-electron chi connectivity index (χ1n) is 5.13. The van der Waals surface area contributed by atoms with Gasteiger partial charge in [0.25, 0.3) is 0 Å². The molecule has 0 heterocycles. The molecule has 0 aliphatic carbocycles. The van der Waals surface area contributed by atoms with Crippen LogP contribution < -0.4 is 5.73 Å². The van der Waals surface area contributed by atoms with Gasteiger partial charge < -0.3 is 10.8 Å². The molecule has 3 N–H and O–H groups in total. The van der Waals surface area contributed by atoms with Crippen LogP contribution in [0.5, 0.6) is 0 Å². The van der Waals surface area contributed by atoms with E-state index in [4.69, 9.17) is 10.8 Å². The number of rotatable bonds is 2. The normalized spacial score (nSPS) is 9.47. The lowest BCUT2D eigenvalue weighted by Gasteiger charge is -1.92. The zero-order chi connectivity index (χ0) is 10.9. The van der Waals surface area contributed by atoms with Gasteiger partial charge in [0.2, 0.25) is 0 Å². The molecule has 0 aromatic heterocycles. The molecule has 0 bridgehead atoms. The van der Waals surface area contributed by atoms with E-state index >= 15 is 0 Å². The highest BCUT2D eigenvalue weighted by Crippen LogP contribution is 2.11. The Bertz CT molecular complexity index is 319. The van der Waals surface area contributed by atoms with Crippen LogP contribution in [0.2, 0.25) is 0 Å². The number of benzene rings is 2. The molecule has 0 saturated heterocycles. The molecule has 0 atom stereocenters. The summed E-state index contributed by atoms with van der Waals surface area (Å²) in [6.07, 6.45) is 0.722. The minimum atomic E-state index is 0.219. The Morgan fingerprint density at radius 3 is 1.47 bits per heavy atom. The molecule has 0 aliphatic heterocycles. The summed E-state index contributed by atoms with van der Waals surface area (Å²) in [6.45, 7) is 0.812. The summed E-state index contributed by atoms with van der Waals surface area (Å²) in [6, 6.07) is 16.7. The molecule has 0 unspecified atom stereocenters. The van der Waals surface area contributed by atoms with Gasteiger partial charge in [-0.1, -0.05) is 48.5 Å². The molecule has 0 spiro atoms. The highest BCUT2D eigenvalue weighted by Gasteiger charge is 1.85. The van der Waals surface area contributed by atoms with Crippen molar-refractivity contribution in [3.05, 3.63) is 48.5 Å². The Kier molecular flexibility index (Phi) is 5.44. The second-order valence-electron chi connectivity index (χ2n) is 3.21. The molecule has 2 aromatic rings. The average Bonchev–Trinajstić information content (AvgIpc) is 2.31. The molecule has 0 fully saturated rings. The number of hydrogen-bond donors (Lipinski definition) is 2. The lowest BCUT2D eigenvalue weighted by molar-refractivity contribution is 0.291. The van der Waals surface area contributed by atoms with E-state index in [0.717, 1.165) is 6.42 Å². The largest absolute Gasteiger partial charge is 0.396 e. The van der Waals surface area contributed by atoms with Gasteiger partial charge in [0.05, 0.1) is 0 Å². The van der Waals surface area contributed by atoms with Crippen LogP contribution in [0.25, 0.3) is 10.8 Å². The summed E-state index contributed by atoms with van der Waals surface area (Å²) >= 11 is 0. The van der Waals surface area contributed by atoms with Crippen LogP contribution in [0.4, 0.5) is 0 Å². The van der Waals surface area contributed by atoms with Crippen LogP contribution in [0.1, 0.15) is 6.42 Å². The zero-order valence-electron chi connectivity index (χ0n) is 8.76. The fourth-order valence-electron chi connectivity index (χ4n) is 1.22. The lowest BCUT2D eigenvalue weighted by atomic mass is 10.1. The molecule has 0 aliphatic rings. The Morgan fingerprint density at radius 1 is 0.867 bits per heavy atom. The van der Waals surface area contributed by atoms with Gasteiger partial charge >= 0.3 is 0 Å². The molecule has 0 amide bonds. The smallest absolute Gasteiger partial charge is 0.0443 e. The first-order chi connectivity index (χ1) is 7.38. The van der Waals surface area contributed by atoms with Crippen molar-refractivity contribution in [3.63, 3.8) is 0 Å². The van der Waals surface area contributed by atoms with Crippen LogP contribution in [-0.2, 0) is 0 Å². The Balaban J connectivity index is 0.000000195. The molecule has 0 radical (unpaired) electrons. The number of fused-ring (bicyclic) bond motifs is 1. The van der Waals surface area contributed by atoms with Gasteiger partial charge in [-0.05, 0) is 23.7 Å². The monoisotopic (exact) mass is 203 g/mol. The van der Waals surface area contributed by atoms with Crippen molar-refractivity contribution in [2.75, 3.05) is 13.2 Å². The molecule has 2 heteroatoms. The second kappa shape index (κ2) is 6.98. The van der Waals surface area contributed by atoms with Crippen LogP contribution >= 0.6 is 0 Å². The minimum absolute atomic E-state index is 0.219. The molecule has 15 heavy (non-hydrogen) atoms. The zero-order valence-corrected chi connectivity index (χ0v) is 8.76. The number of aliphatic hydroxyl groups is 1. The average molecular weight is 203 g/mol. The van der Waals surface area contributed by atoms with Gasteiger partial charge in [0.1, 0.15) is 0 Å². The predicted octanol–water partition coefficient (Wildman–Crippen LogP) is 2.17. The van der Waals surface area contributed by atoms with Crippen LogP contribution in [-0.4, -0.2) is 18.3 Å². The summed E-state index contributed by atoms with van der Waals surface area (Å²) in [7, 11) is 0. The van der Waals surface area contributed by atoms with E-state index in [1.54, 1.807) is 0 Å². The Hall–Kier alpha value is -1.38. The SMILES string of the molecule is NCCCO.c1ccc2ccccc2c1. The van der Waals surface area contributed by atoms with Crippen molar-refractivity contribution in [3.8, 4) is 0 Å². The van der Waals surface area contributed by atoms with Crippen LogP contribution in [0.3, 0.4) is 0 Å². The molecule has 2 aromatic carbocycles. The van der Waals surface area contributed by atoms with E-state index in [-0.39, 0.29) is 6.61 Å². The van der Waals surface area contributed by atoms with Crippen molar-refractivity contribution in [2.24, 2.45) is 5.73 Å². The van der Waals surface area contributed by atoms with E-state index in [2.05, 4.69) is 48.5 Å². The summed E-state index contributed by atoms with van der Waals surface area (Å²) in [5.41, 5.74) is 4.98. The fraction of sp³-hybridized carbons (Fsp3) is 0.231. The van der Waals surface area contributed by atoms with Crippen LogP contribution in [0, 0.1) is 0 Å². The Morgan fingerprint density at radius 2 is 1.27 bits per heavy atom. The first kappa shape index (κ1) is 11.7. The van der Waals surface area contributed by atoms with Gasteiger partial charge in [0.15, 0.2) is 0 Å². The third-order valence-corrected chi connectivity index (χ3v) is 2.02. The summed E-state index contributed by atoms with van der Waals surface area (Å²) in [5, 5.41) is 10.6. The minimum Gasteiger partial charge on any atom is -0.396 e. The number of nitrogens with two attached hydrogens (primary N) is 1. The lowest BCUT2D eigenvalue weighted by Crippen LogP contribution is -1.99. The quantitative estimate of drug-likeness (QED) is 0.785. The molecular weight excluding hydrogens is 186 g/mol. The first-order valence-corrected chi connectivity index (χ1v) is 5.13. The van der Waals surface area contributed by atoms with Crippen molar-refractivity contribution in [1.29, 1.82) is 0 Å². The maximum atomic E-state index is 7.99. The topological polar surface area (TPSA) is 46.2 Å². The maximum Gasteiger partial charge on any atom is 0.0443 e. The van der Waals surface area contributed by atoms with Gasteiger partial charge in [-0.3, -0.25) is 0 Å². The van der Waals surface area contributed by atoms with Crippen molar-refractivity contribution < 1.29 is 5.11 Å². The van der Waals surface area contributed by atoms with E-state index in [1.165, 1.54) is 10.8 Å². The van der Waals surface area contributed by atoms with Gasteiger partial charge in [-0.15, -0.1) is 0 Å². The third kappa shape index (κ3) is 4.11. The Labute approximate surface area is 90.3 Å². The van der Waals surface area contributed by atoms with Gasteiger partial charge in [0, 0.05) is 6.61 Å². The molecule has 0 saturated carbocycles. The standard InChI is InChI=1S/C10H8.C3H9NO/c1-2-6-10-8-4-3-7-9(10)5-1;4-2-1-3-5/h1-8H;5H,1-4H2. The molecular formula is C13H17NO. The molecule has 2 nitrogen and oxygen atoms in total. The van der Waals surface area contributed by atoms with Crippen molar-refractivity contribution in [2.45, 2.75) is 6.42 Å². The van der Waals surface area contributed by atoms with E-state index < -0.39 is 0 Å². The second-order valence-corrected chi connectivity index (χ2v) is 3.21. The highest BCUT2D eigenvalue weighted by molar-refractivity contribution is 5.81. The molecule has 2 rings (SSSR count). The molecule has 80 valence electrons. The number of hydrogen-bond acceptors (Lipinski definition) is 2. The maximum absolute atomic E-state index is 7.99. The van der Waals surface area contributed by atoms with E-state index in [1.807, 2.05) is 0 Å². The van der Waals surface area contributed by atoms with E-state index in [0.29, 0.717) is 6.54 Å². The predicted molar refractivity (Wildman–Crippen MR) is 64.7 cm³/mol. The highest BCUT2D eigenvalue weighted by atomic mass is 16.2. The van der Waals surface area contributed by atoms with Gasteiger partial charge in [-0.25, -0.2) is 0 Å². The van der Waals surface area contributed by atoms with Crippen molar-refractivity contribution in [1.82, 2.24) is 0 Å². The third-order valence-electron chi connectivity index (χ3n) is 2.02. The summed E-state index contributed by atoms with van der Waals surface area (Å²) < 4.78 is 0.